The molecule has 2 heterocycles. The average Bonchev–Trinajstić information content (AvgIpc) is 2.92. The molecule has 0 unspecified atom stereocenters. The second-order valence-electron chi connectivity index (χ2n) is 7.22. The van der Waals surface area contributed by atoms with E-state index >= 15 is 0 Å². The van der Waals surface area contributed by atoms with Gasteiger partial charge >= 0.3 is 0 Å². The first-order valence-electron chi connectivity index (χ1n) is 8.22. The van der Waals surface area contributed by atoms with Crippen molar-refractivity contribution in [3.63, 3.8) is 0 Å². The van der Waals surface area contributed by atoms with Crippen LogP contribution in [-0.4, -0.2) is 24.2 Å². The van der Waals surface area contributed by atoms with E-state index < -0.39 is 8.07 Å². The number of hydrogen-bond acceptors (Lipinski definition) is 2. The van der Waals surface area contributed by atoms with E-state index in [2.05, 4.69) is 43.0 Å². The summed E-state index contributed by atoms with van der Waals surface area (Å²) in [6, 6.07) is 13.3. The monoisotopic (exact) mass is 358 g/mol. The van der Waals surface area contributed by atoms with E-state index in [1.165, 1.54) is 0 Å². The van der Waals surface area contributed by atoms with E-state index in [0.717, 1.165) is 39.8 Å². The Labute approximate surface area is 149 Å². The molecule has 3 aromatic rings. The number of fused-ring (bicyclic) bond motifs is 1. The van der Waals surface area contributed by atoms with Crippen LogP contribution in [0.5, 0.6) is 0 Å². The van der Waals surface area contributed by atoms with Crippen LogP contribution in [0.1, 0.15) is 0 Å². The third-order valence-electron chi connectivity index (χ3n) is 4.02. The third kappa shape index (κ3) is 3.89. The number of pyridine rings is 1. The van der Waals surface area contributed by atoms with E-state index in [1.54, 1.807) is 6.20 Å². The topological polar surface area (TPSA) is 27.1 Å². The van der Waals surface area contributed by atoms with Gasteiger partial charge in [-0.15, -0.1) is 0 Å². The summed E-state index contributed by atoms with van der Waals surface area (Å²) < 4.78 is 7.96. The lowest BCUT2D eigenvalue weighted by atomic mass is 10.1. The minimum absolute atomic E-state index is 0.501. The van der Waals surface area contributed by atoms with Crippen LogP contribution in [0.2, 0.25) is 30.7 Å². The fourth-order valence-corrected chi connectivity index (χ4v) is 3.65. The van der Waals surface area contributed by atoms with Crippen LogP contribution < -0.4 is 0 Å². The Hall–Kier alpha value is -1.62. The summed E-state index contributed by atoms with van der Waals surface area (Å²) >= 11 is 6.46. The van der Waals surface area contributed by atoms with Crippen LogP contribution >= 0.6 is 11.6 Å². The maximum atomic E-state index is 6.46. The smallest absolute Gasteiger partial charge is 0.143 e. The highest BCUT2D eigenvalue weighted by atomic mass is 35.5. The molecule has 0 aliphatic carbocycles. The van der Waals surface area contributed by atoms with E-state index in [0.29, 0.717) is 6.73 Å². The van der Waals surface area contributed by atoms with Gasteiger partial charge in [0.1, 0.15) is 12.4 Å². The molecule has 5 heteroatoms. The predicted molar refractivity (Wildman–Crippen MR) is 104 cm³/mol. The molecule has 0 saturated carbocycles. The Morgan fingerprint density at radius 2 is 1.88 bits per heavy atom. The highest BCUT2D eigenvalue weighted by Gasteiger charge is 2.15. The first-order valence-corrected chi connectivity index (χ1v) is 12.3. The summed E-state index contributed by atoms with van der Waals surface area (Å²) in [5.74, 6) is 0. The van der Waals surface area contributed by atoms with Gasteiger partial charge in [0.05, 0.1) is 5.02 Å². The van der Waals surface area contributed by atoms with Crippen LogP contribution in [0, 0.1) is 0 Å². The molecule has 0 atom stereocenters. The van der Waals surface area contributed by atoms with E-state index in [1.807, 2.05) is 28.8 Å². The highest BCUT2D eigenvalue weighted by Crippen LogP contribution is 2.34. The Balaban J connectivity index is 1.91. The first-order chi connectivity index (χ1) is 11.5. The fourth-order valence-electron chi connectivity index (χ4n) is 2.65. The Morgan fingerprint density at radius 1 is 1.12 bits per heavy atom. The van der Waals surface area contributed by atoms with E-state index in [-0.39, 0.29) is 0 Å². The number of ether oxygens (including phenoxy) is 1. The van der Waals surface area contributed by atoms with Crippen LogP contribution in [0.4, 0.5) is 0 Å². The number of hydrogen-bond donors (Lipinski definition) is 0. The minimum Gasteiger partial charge on any atom is -0.361 e. The van der Waals surface area contributed by atoms with Crippen LogP contribution in [0.15, 0.2) is 48.8 Å². The van der Waals surface area contributed by atoms with Gasteiger partial charge in [0.2, 0.25) is 0 Å². The van der Waals surface area contributed by atoms with Gasteiger partial charge in [-0.05, 0) is 17.7 Å². The lowest BCUT2D eigenvalue weighted by molar-refractivity contribution is 0.0899. The molecular formula is C19H23ClN2OSi. The largest absolute Gasteiger partial charge is 0.361 e. The third-order valence-corrected chi connectivity index (χ3v) is 6.04. The summed E-state index contributed by atoms with van der Waals surface area (Å²) in [4.78, 5) is 4.52. The number of aromatic nitrogens is 2. The van der Waals surface area contributed by atoms with Gasteiger partial charge in [0.15, 0.2) is 0 Å². The van der Waals surface area contributed by atoms with Crippen molar-refractivity contribution < 1.29 is 4.74 Å². The maximum Gasteiger partial charge on any atom is 0.143 e. The molecule has 2 aromatic heterocycles. The van der Waals surface area contributed by atoms with Gasteiger partial charge in [-0.3, -0.25) is 0 Å². The van der Waals surface area contributed by atoms with Crippen LogP contribution in [-0.2, 0) is 11.5 Å². The van der Waals surface area contributed by atoms with Crippen molar-refractivity contribution in [3.8, 4) is 11.1 Å². The number of nitrogens with zero attached hydrogens (tertiary/aromatic N) is 2. The molecule has 0 bridgehead atoms. The van der Waals surface area contributed by atoms with Gasteiger partial charge in [-0.2, -0.15) is 0 Å². The summed E-state index contributed by atoms with van der Waals surface area (Å²) in [6.45, 7) is 8.36. The van der Waals surface area contributed by atoms with Gasteiger partial charge < -0.3 is 9.30 Å². The molecule has 0 amide bonds. The summed E-state index contributed by atoms with van der Waals surface area (Å²) in [6.07, 6.45) is 3.84. The molecule has 1 aromatic carbocycles. The molecule has 0 fully saturated rings. The van der Waals surface area contributed by atoms with Crippen molar-refractivity contribution in [2.75, 3.05) is 6.61 Å². The Morgan fingerprint density at radius 3 is 2.58 bits per heavy atom. The Kier molecular flexibility index (Phi) is 5.09. The minimum atomic E-state index is -1.08. The molecule has 24 heavy (non-hydrogen) atoms. The molecule has 0 radical (unpaired) electrons. The van der Waals surface area contributed by atoms with Crippen molar-refractivity contribution in [1.82, 2.24) is 9.55 Å². The summed E-state index contributed by atoms with van der Waals surface area (Å²) in [5, 5.41) is 1.71. The van der Waals surface area contributed by atoms with Gasteiger partial charge in [0.25, 0.3) is 0 Å². The zero-order valence-corrected chi connectivity index (χ0v) is 16.2. The van der Waals surface area contributed by atoms with Crippen LogP contribution in [0.3, 0.4) is 0 Å². The van der Waals surface area contributed by atoms with Crippen molar-refractivity contribution >= 4 is 30.7 Å². The molecule has 126 valence electrons. The molecule has 0 spiro atoms. The van der Waals surface area contributed by atoms with Gasteiger partial charge in [-0.25, -0.2) is 4.98 Å². The highest BCUT2D eigenvalue weighted by molar-refractivity contribution is 6.76. The van der Waals surface area contributed by atoms with Crippen LogP contribution in [0.25, 0.3) is 22.2 Å². The first kappa shape index (κ1) is 17.2. The molecule has 3 rings (SSSR count). The second-order valence-corrected chi connectivity index (χ2v) is 13.2. The molecule has 0 aliphatic rings. The fraction of sp³-hybridized carbons (Fsp3) is 0.316. The zero-order chi connectivity index (χ0) is 17.2. The Bertz CT molecular complexity index is 824. The van der Waals surface area contributed by atoms with Gasteiger partial charge in [-0.1, -0.05) is 61.6 Å². The average molecular weight is 359 g/mol. The van der Waals surface area contributed by atoms with Crippen molar-refractivity contribution in [2.24, 2.45) is 0 Å². The molecule has 0 N–H and O–H groups in total. The number of halogens is 1. The summed E-state index contributed by atoms with van der Waals surface area (Å²) in [7, 11) is -1.08. The van der Waals surface area contributed by atoms with Crippen molar-refractivity contribution in [1.29, 1.82) is 0 Å². The molecular weight excluding hydrogens is 336 g/mol. The zero-order valence-electron chi connectivity index (χ0n) is 14.4. The maximum absolute atomic E-state index is 6.46. The summed E-state index contributed by atoms with van der Waals surface area (Å²) in [5.41, 5.74) is 3.10. The second kappa shape index (κ2) is 7.09. The van der Waals surface area contributed by atoms with E-state index in [4.69, 9.17) is 16.3 Å². The number of benzene rings is 1. The lowest BCUT2D eigenvalue weighted by Gasteiger charge is -2.15. The van der Waals surface area contributed by atoms with Crippen molar-refractivity contribution in [3.05, 3.63) is 53.8 Å². The number of rotatable bonds is 6. The SMILES string of the molecule is C[Si](C)(C)CCOCn1cc(-c2ccccc2)c2c(Cl)ccnc21. The normalized spacial score (nSPS) is 12.0. The molecule has 3 nitrogen and oxygen atoms in total. The van der Waals surface area contributed by atoms with Crippen molar-refractivity contribution in [2.45, 2.75) is 32.4 Å². The van der Waals surface area contributed by atoms with Gasteiger partial charge in [0, 0.05) is 38.0 Å². The lowest BCUT2D eigenvalue weighted by Crippen LogP contribution is -2.22. The predicted octanol–water partition coefficient (Wildman–Crippen LogP) is 5.67. The quantitative estimate of drug-likeness (QED) is 0.419. The standard InChI is InChI=1S/C19H23ClN2OSi/c1-24(2,3)12-11-23-14-22-13-16(15-7-5-4-6-8-15)18-17(20)9-10-21-19(18)22/h4-10,13H,11-12,14H2,1-3H3. The molecule has 0 saturated heterocycles. The van der Waals surface area contributed by atoms with E-state index in [9.17, 15) is 0 Å². The molecule has 0 aliphatic heterocycles.